The van der Waals surface area contributed by atoms with Gasteiger partial charge in [-0.1, -0.05) is 19.3 Å². The number of nitrogens with one attached hydrogen (secondary N) is 1. The van der Waals surface area contributed by atoms with Gasteiger partial charge >= 0.3 is 0 Å². The van der Waals surface area contributed by atoms with Crippen LogP contribution in [0.2, 0.25) is 0 Å². The van der Waals surface area contributed by atoms with Crippen molar-refractivity contribution >= 4 is 5.69 Å². The molecule has 0 radical (unpaired) electrons. The maximum atomic E-state index is 8.78. The van der Waals surface area contributed by atoms with Crippen LogP contribution in [0.1, 0.15) is 49.4 Å². The average molecular weight is 280 g/mol. The van der Waals surface area contributed by atoms with Crippen molar-refractivity contribution in [3.63, 3.8) is 0 Å². The molecule has 108 valence electrons. The van der Waals surface area contributed by atoms with Crippen LogP contribution in [-0.4, -0.2) is 9.78 Å². The molecule has 0 bridgehead atoms. The summed E-state index contributed by atoms with van der Waals surface area (Å²) in [6.45, 7) is 0.714. The van der Waals surface area contributed by atoms with Gasteiger partial charge in [0.05, 0.1) is 29.9 Å². The van der Waals surface area contributed by atoms with Crippen molar-refractivity contribution in [3.05, 3.63) is 47.8 Å². The Morgan fingerprint density at radius 1 is 1.14 bits per heavy atom. The standard InChI is InChI=1S/C17H20N4/c18-12-14-6-8-15(9-7-14)19-13-16-10-11-21(20-16)17-4-2-1-3-5-17/h6-11,17,19H,1-5,13H2. The second kappa shape index (κ2) is 6.45. The number of nitrogens with zero attached hydrogens (tertiary/aromatic N) is 3. The summed E-state index contributed by atoms with van der Waals surface area (Å²) in [6.07, 6.45) is 8.62. The third-order valence-electron chi connectivity index (χ3n) is 4.10. The highest BCUT2D eigenvalue weighted by molar-refractivity contribution is 5.47. The summed E-state index contributed by atoms with van der Waals surface area (Å²) in [4.78, 5) is 0. The van der Waals surface area contributed by atoms with Crippen LogP contribution in [0.4, 0.5) is 5.69 Å². The first-order valence-electron chi connectivity index (χ1n) is 7.63. The average Bonchev–Trinajstić information content (AvgIpc) is 3.03. The lowest BCUT2D eigenvalue weighted by Gasteiger charge is -2.21. The molecule has 1 aliphatic carbocycles. The number of benzene rings is 1. The fraction of sp³-hybridized carbons (Fsp3) is 0.412. The molecular formula is C17H20N4. The minimum atomic E-state index is 0.586. The second-order valence-electron chi connectivity index (χ2n) is 5.62. The third kappa shape index (κ3) is 3.43. The summed E-state index contributed by atoms with van der Waals surface area (Å²) in [7, 11) is 0. The van der Waals surface area contributed by atoms with Crippen LogP contribution in [0.3, 0.4) is 0 Å². The molecule has 0 spiro atoms. The number of rotatable bonds is 4. The highest BCUT2D eigenvalue weighted by Crippen LogP contribution is 2.27. The van der Waals surface area contributed by atoms with Crippen molar-refractivity contribution in [1.82, 2.24) is 9.78 Å². The number of hydrogen-bond donors (Lipinski definition) is 1. The van der Waals surface area contributed by atoms with Gasteiger partial charge in [0, 0.05) is 11.9 Å². The second-order valence-corrected chi connectivity index (χ2v) is 5.62. The number of aromatic nitrogens is 2. The fourth-order valence-corrected chi connectivity index (χ4v) is 2.88. The summed E-state index contributed by atoms with van der Waals surface area (Å²) < 4.78 is 2.13. The molecule has 0 aliphatic heterocycles. The quantitative estimate of drug-likeness (QED) is 0.925. The lowest BCUT2D eigenvalue weighted by atomic mass is 9.96. The van der Waals surface area contributed by atoms with Crippen molar-refractivity contribution in [3.8, 4) is 6.07 Å². The zero-order chi connectivity index (χ0) is 14.5. The van der Waals surface area contributed by atoms with Gasteiger partial charge in [-0.15, -0.1) is 0 Å². The summed E-state index contributed by atoms with van der Waals surface area (Å²) in [5.74, 6) is 0. The van der Waals surface area contributed by atoms with Gasteiger partial charge in [-0.2, -0.15) is 10.4 Å². The first-order valence-corrected chi connectivity index (χ1v) is 7.63. The van der Waals surface area contributed by atoms with Crippen molar-refractivity contribution < 1.29 is 0 Å². The van der Waals surface area contributed by atoms with Gasteiger partial charge in [0.1, 0.15) is 0 Å². The number of nitriles is 1. The van der Waals surface area contributed by atoms with E-state index < -0.39 is 0 Å². The van der Waals surface area contributed by atoms with Gasteiger partial charge in [-0.3, -0.25) is 4.68 Å². The van der Waals surface area contributed by atoms with Crippen LogP contribution < -0.4 is 5.32 Å². The van der Waals surface area contributed by atoms with Gasteiger partial charge in [0.2, 0.25) is 0 Å². The van der Waals surface area contributed by atoms with Gasteiger partial charge < -0.3 is 5.32 Å². The van der Waals surface area contributed by atoms with E-state index in [-0.39, 0.29) is 0 Å². The van der Waals surface area contributed by atoms with Crippen LogP contribution in [0, 0.1) is 11.3 Å². The predicted octanol–water partition coefficient (Wildman–Crippen LogP) is 3.87. The molecule has 1 aromatic carbocycles. The van der Waals surface area contributed by atoms with Crippen LogP contribution in [0.5, 0.6) is 0 Å². The summed E-state index contributed by atoms with van der Waals surface area (Å²) >= 11 is 0. The maximum Gasteiger partial charge on any atom is 0.0991 e. The monoisotopic (exact) mass is 280 g/mol. The Balaban J connectivity index is 1.57. The lowest BCUT2D eigenvalue weighted by Crippen LogP contribution is -2.13. The Hall–Kier alpha value is -2.28. The van der Waals surface area contributed by atoms with E-state index in [1.54, 1.807) is 0 Å². The lowest BCUT2D eigenvalue weighted by molar-refractivity contribution is 0.328. The van der Waals surface area contributed by atoms with E-state index in [2.05, 4.69) is 33.4 Å². The molecular weight excluding hydrogens is 260 g/mol. The van der Waals surface area contributed by atoms with Gasteiger partial charge in [0.15, 0.2) is 0 Å². The molecule has 1 N–H and O–H groups in total. The Morgan fingerprint density at radius 3 is 2.62 bits per heavy atom. The van der Waals surface area contributed by atoms with E-state index in [1.165, 1.54) is 32.1 Å². The van der Waals surface area contributed by atoms with Crippen molar-refractivity contribution in [2.75, 3.05) is 5.32 Å². The molecule has 3 rings (SSSR count). The Labute approximate surface area is 125 Å². The van der Waals surface area contributed by atoms with E-state index in [0.29, 0.717) is 18.2 Å². The number of hydrogen-bond acceptors (Lipinski definition) is 3. The molecule has 2 aromatic rings. The minimum absolute atomic E-state index is 0.586. The van der Waals surface area contributed by atoms with Gasteiger partial charge in [0.25, 0.3) is 0 Å². The molecule has 1 aliphatic rings. The molecule has 4 nitrogen and oxygen atoms in total. The molecule has 4 heteroatoms. The number of anilines is 1. The van der Waals surface area contributed by atoms with E-state index in [4.69, 9.17) is 5.26 Å². The first-order chi connectivity index (χ1) is 10.3. The Kier molecular flexibility index (Phi) is 4.20. The summed E-state index contributed by atoms with van der Waals surface area (Å²) in [5.41, 5.74) is 2.76. The molecule has 1 fully saturated rings. The highest BCUT2D eigenvalue weighted by Gasteiger charge is 2.15. The van der Waals surface area contributed by atoms with E-state index in [9.17, 15) is 0 Å². The highest BCUT2D eigenvalue weighted by atomic mass is 15.3. The van der Waals surface area contributed by atoms with Crippen molar-refractivity contribution in [2.45, 2.75) is 44.7 Å². The fourth-order valence-electron chi connectivity index (χ4n) is 2.88. The molecule has 0 unspecified atom stereocenters. The van der Waals surface area contributed by atoms with Crippen LogP contribution in [0.15, 0.2) is 36.5 Å². The van der Waals surface area contributed by atoms with Gasteiger partial charge in [-0.05, 0) is 43.2 Å². The van der Waals surface area contributed by atoms with E-state index in [1.807, 2.05) is 24.3 Å². The largest absolute Gasteiger partial charge is 0.379 e. The third-order valence-corrected chi connectivity index (χ3v) is 4.10. The summed E-state index contributed by atoms with van der Waals surface area (Å²) in [6, 6.07) is 12.3. The smallest absolute Gasteiger partial charge is 0.0991 e. The Morgan fingerprint density at radius 2 is 1.90 bits per heavy atom. The van der Waals surface area contributed by atoms with Crippen molar-refractivity contribution in [1.29, 1.82) is 5.26 Å². The minimum Gasteiger partial charge on any atom is -0.379 e. The predicted molar refractivity (Wildman–Crippen MR) is 82.8 cm³/mol. The van der Waals surface area contributed by atoms with Crippen LogP contribution >= 0.6 is 0 Å². The topological polar surface area (TPSA) is 53.6 Å². The zero-order valence-electron chi connectivity index (χ0n) is 12.1. The molecule has 0 amide bonds. The normalized spacial score (nSPS) is 15.6. The van der Waals surface area contributed by atoms with Crippen LogP contribution in [0.25, 0.3) is 0 Å². The molecule has 0 saturated heterocycles. The molecule has 1 saturated carbocycles. The molecule has 1 aromatic heterocycles. The van der Waals surface area contributed by atoms with E-state index in [0.717, 1.165) is 11.4 Å². The molecule has 21 heavy (non-hydrogen) atoms. The van der Waals surface area contributed by atoms with Crippen molar-refractivity contribution in [2.24, 2.45) is 0 Å². The molecule has 1 heterocycles. The van der Waals surface area contributed by atoms with Gasteiger partial charge in [-0.25, -0.2) is 0 Å². The Bertz CT molecular complexity index is 615. The van der Waals surface area contributed by atoms with E-state index >= 15 is 0 Å². The SMILES string of the molecule is N#Cc1ccc(NCc2ccn(C3CCCCC3)n2)cc1. The first kappa shape index (κ1) is 13.7. The van der Waals surface area contributed by atoms with Crippen LogP contribution in [-0.2, 0) is 6.54 Å². The zero-order valence-corrected chi connectivity index (χ0v) is 12.1. The maximum absolute atomic E-state index is 8.78. The summed E-state index contributed by atoms with van der Waals surface area (Å²) in [5, 5.41) is 16.8. The molecule has 0 atom stereocenters.